The summed E-state index contributed by atoms with van der Waals surface area (Å²) in [5.41, 5.74) is 2.31. The number of rotatable bonds is 3. The standard InChI is InChI=1S/C9H15ClN2O2S/c1-5-12-7(3)9(6(2)11-12)8(4)15(10,13)14/h8H,5H2,1-4H3. The highest BCUT2D eigenvalue weighted by atomic mass is 35.7. The Morgan fingerprint density at radius 3 is 2.33 bits per heavy atom. The van der Waals surface area contributed by atoms with Gasteiger partial charge in [-0.05, 0) is 27.7 Å². The number of hydrogen-bond acceptors (Lipinski definition) is 3. The second kappa shape index (κ2) is 4.14. The second-order valence-electron chi connectivity index (χ2n) is 3.52. The van der Waals surface area contributed by atoms with E-state index in [1.54, 1.807) is 18.5 Å². The van der Waals surface area contributed by atoms with Crippen molar-refractivity contribution in [3.63, 3.8) is 0 Å². The largest absolute Gasteiger partial charge is 0.270 e. The maximum absolute atomic E-state index is 11.3. The molecule has 6 heteroatoms. The van der Waals surface area contributed by atoms with Crippen LogP contribution in [0.4, 0.5) is 0 Å². The zero-order valence-electron chi connectivity index (χ0n) is 9.28. The molecule has 15 heavy (non-hydrogen) atoms. The van der Waals surface area contributed by atoms with E-state index in [2.05, 4.69) is 5.10 Å². The first-order valence-corrected chi connectivity index (χ1v) is 7.13. The summed E-state index contributed by atoms with van der Waals surface area (Å²) >= 11 is 0. The molecule has 1 aromatic rings. The first-order chi connectivity index (χ1) is 6.79. The quantitative estimate of drug-likeness (QED) is 0.773. The van der Waals surface area contributed by atoms with Crippen molar-refractivity contribution in [2.24, 2.45) is 0 Å². The lowest BCUT2D eigenvalue weighted by atomic mass is 10.1. The summed E-state index contributed by atoms with van der Waals surface area (Å²) in [6, 6.07) is 0. The van der Waals surface area contributed by atoms with E-state index in [1.165, 1.54) is 0 Å². The Hall–Kier alpha value is -0.550. The van der Waals surface area contributed by atoms with Crippen LogP contribution in [0.5, 0.6) is 0 Å². The summed E-state index contributed by atoms with van der Waals surface area (Å²) in [4.78, 5) is 0. The minimum atomic E-state index is -3.58. The maximum Gasteiger partial charge on any atom is 0.239 e. The lowest BCUT2D eigenvalue weighted by Gasteiger charge is -2.08. The van der Waals surface area contributed by atoms with Gasteiger partial charge in [0.15, 0.2) is 0 Å². The molecule has 0 aromatic carbocycles. The van der Waals surface area contributed by atoms with Crippen LogP contribution in [-0.4, -0.2) is 18.2 Å². The molecule has 0 N–H and O–H groups in total. The van der Waals surface area contributed by atoms with Crippen molar-refractivity contribution in [3.05, 3.63) is 17.0 Å². The normalized spacial score (nSPS) is 14.2. The van der Waals surface area contributed by atoms with Crippen LogP contribution in [0.25, 0.3) is 0 Å². The minimum absolute atomic E-state index is 0.709. The van der Waals surface area contributed by atoms with Crippen molar-refractivity contribution in [1.82, 2.24) is 9.78 Å². The third-order valence-electron chi connectivity index (χ3n) is 2.57. The van der Waals surface area contributed by atoms with Crippen LogP contribution in [0.3, 0.4) is 0 Å². The van der Waals surface area contributed by atoms with Crippen molar-refractivity contribution >= 4 is 19.7 Å². The van der Waals surface area contributed by atoms with Gasteiger partial charge in [-0.15, -0.1) is 0 Å². The van der Waals surface area contributed by atoms with Gasteiger partial charge in [0.25, 0.3) is 0 Å². The van der Waals surface area contributed by atoms with Crippen LogP contribution in [0.1, 0.15) is 36.0 Å². The predicted molar refractivity (Wildman–Crippen MR) is 60.6 cm³/mol. The van der Waals surface area contributed by atoms with E-state index in [0.717, 1.165) is 17.9 Å². The van der Waals surface area contributed by atoms with Gasteiger partial charge in [0, 0.05) is 28.5 Å². The monoisotopic (exact) mass is 250 g/mol. The van der Waals surface area contributed by atoms with E-state index in [1.807, 2.05) is 13.8 Å². The zero-order chi connectivity index (χ0) is 11.8. The smallest absolute Gasteiger partial charge is 0.239 e. The highest BCUT2D eigenvalue weighted by Crippen LogP contribution is 2.29. The molecule has 1 rings (SSSR count). The lowest BCUT2D eigenvalue weighted by molar-refractivity contribution is 0.599. The topological polar surface area (TPSA) is 52.0 Å². The number of nitrogens with zero attached hydrogens (tertiary/aromatic N) is 2. The Morgan fingerprint density at radius 2 is 2.00 bits per heavy atom. The number of aromatic nitrogens is 2. The third-order valence-corrected chi connectivity index (χ3v) is 4.45. The molecule has 0 spiro atoms. The van der Waals surface area contributed by atoms with Crippen LogP contribution >= 0.6 is 10.7 Å². The molecule has 0 aliphatic rings. The predicted octanol–water partition coefficient (Wildman–Crippen LogP) is 2.15. The Bertz CT molecular complexity index is 465. The Kier molecular flexibility index (Phi) is 3.45. The molecule has 0 radical (unpaired) electrons. The average Bonchev–Trinajstić information content (AvgIpc) is 2.39. The first kappa shape index (κ1) is 12.5. The van der Waals surface area contributed by atoms with Crippen LogP contribution in [-0.2, 0) is 15.6 Å². The highest BCUT2D eigenvalue weighted by molar-refractivity contribution is 8.13. The lowest BCUT2D eigenvalue weighted by Crippen LogP contribution is -2.06. The summed E-state index contributed by atoms with van der Waals surface area (Å²) in [5.74, 6) is 0. The van der Waals surface area contributed by atoms with Gasteiger partial charge in [-0.1, -0.05) is 0 Å². The van der Waals surface area contributed by atoms with Crippen LogP contribution < -0.4 is 0 Å². The molecular formula is C9H15ClN2O2S. The van der Waals surface area contributed by atoms with E-state index < -0.39 is 14.3 Å². The van der Waals surface area contributed by atoms with Gasteiger partial charge in [0.05, 0.1) is 5.69 Å². The summed E-state index contributed by atoms with van der Waals surface area (Å²) in [6.45, 7) is 7.93. The molecule has 86 valence electrons. The third kappa shape index (κ3) is 2.34. The molecule has 0 fully saturated rings. The molecule has 1 heterocycles. The highest BCUT2D eigenvalue weighted by Gasteiger charge is 2.26. The fourth-order valence-electron chi connectivity index (χ4n) is 1.75. The van der Waals surface area contributed by atoms with Crippen LogP contribution in [0.2, 0.25) is 0 Å². The summed E-state index contributed by atoms with van der Waals surface area (Å²) in [5, 5.41) is 3.55. The molecule has 0 saturated heterocycles. The first-order valence-electron chi connectivity index (χ1n) is 4.76. The van der Waals surface area contributed by atoms with Gasteiger partial charge in [0.1, 0.15) is 5.25 Å². The molecular weight excluding hydrogens is 236 g/mol. The average molecular weight is 251 g/mol. The molecule has 0 aliphatic carbocycles. The van der Waals surface area contributed by atoms with Crippen molar-refractivity contribution in [3.8, 4) is 0 Å². The van der Waals surface area contributed by atoms with Crippen molar-refractivity contribution < 1.29 is 8.42 Å². The van der Waals surface area contributed by atoms with E-state index >= 15 is 0 Å². The molecule has 1 aromatic heterocycles. The Labute approximate surface area is 94.7 Å². The molecule has 0 amide bonds. The summed E-state index contributed by atoms with van der Waals surface area (Å²) in [7, 11) is 1.77. The van der Waals surface area contributed by atoms with E-state index in [4.69, 9.17) is 10.7 Å². The molecule has 0 bridgehead atoms. The zero-order valence-corrected chi connectivity index (χ0v) is 10.9. The summed E-state index contributed by atoms with van der Waals surface area (Å²) in [6.07, 6.45) is 0. The van der Waals surface area contributed by atoms with E-state index in [-0.39, 0.29) is 0 Å². The van der Waals surface area contributed by atoms with Crippen molar-refractivity contribution in [1.29, 1.82) is 0 Å². The van der Waals surface area contributed by atoms with Gasteiger partial charge in [-0.2, -0.15) is 5.10 Å². The Morgan fingerprint density at radius 1 is 1.47 bits per heavy atom. The van der Waals surface area contributed by atoms with Gasteiger partial charge < -0.3 is 0 Å². The van der Waals surface area contributed by atoms with Gasteiger partial charge >= 0.3 is 0 Å². The molecule has 4 nitrogen and oxygen atoms in total. The van der Waals surface area contributed by atoms with Crippen LogP contribution in [0, 0.1) is 13.8 Å². The number of aryl methyl sites for hydroxylation is 2. The molecule has 1 unspecified atom stereocenters. The number of halogens is 1. The fraction of sp³-hybridized carbons (Fsp3) is 0.667. The summed E-state index contributed by atoms with van der Waals surface area (Å²) < 4.78 is 24.3. The maximum atomic E-state index is 11.3. The molecule has 0 saturated carbocycles. The fourth-order valence-corrected chi connectivity index (χ4v) is 2.64. The SMILES string of the molecule is CCn1nc(C)c(C(C)S(=O)(=O)Cl)c1C. The van der Waals surface area contributed by atoms with E-state index in [9.17, 15) is 8.42 Å². The van der Waals surface area contributed by atoms with E-state index in [0.29, 0.717) is 5.56 Å². The van der Waals surface area contributed by atoms with Gasteiger partial charge in [0.2, 0.25) is 9.05 Å². The minimum Gasteiger partial charge on any atom is -0.270 e. The Balaban J connectivity index is 3.32. The number of hydrogen-bond donors (Lipinski definition) is 0. The van der Waals surface area contributed by atoms with Gasteiger partial charge in [-0.3, -0.25) is 4.68 Å². The second-order valence-corrected chi connectivity index (χ2v) is 6.47. The van der Waals surface area contributed by atoms with Crippen molar-refractivity contribution in [2.75, 3.05) is 0 Å². The molecule has 1 atom stereocenters. The van der Waals surface area contributed by atoms with Gasteiger partial charge in [-0.25, -0.2) is 8.42 Å². The molecule has 0 aliphatic heterocycles. The van der Waals surface area contributed by atoms with Crippen LogP contribution in [0.15, 0.2) is 0 Å². The van der Waals surface area contributed by atoms with Crippen molar-refractivity contribution in [2.45, 2.75) is 39.5 Å².